The Hall–Kier alpha value is -2.10. The second-order valence-electron chi connectivity index (χ2n) is 3.74. The van der Waals surface area contributed by atoms with Crippen molar-refractivity contribution in [1.82, 2.24) is 4.98 Å². The van der Waals surface area contributed by atoms with Gasteiger partial charge in [-0.15, -0.1) is 0 Å². The highest BCUT2D eigenvalue weighted by atomic mass is 19.1. The minimum Gasteiger partial charge on any atom is -0.289 e. The van der Waals surface area contributed by atoms with Crippen molar-refractivity contribution < 1.29 is 13.6 Å². The molecule has 0 aliphatic rings. The molecule has 0 spiro atoms. The normalized spacial score (nSPS) is 10.3. The first-order valence-corrected chi connectivity index (χ1v) is 4.99. The summed E-state index contributed by atoms with van der Waals surface area (Å²) in [6.07, 6.45) is 2.26. The minimum absolute atomic E-state index is 0.106. The Labute approximate surface area is 96.9 Å². The monoisotopic (exact) mass is 233 g/mol. The highest BCUT2D eigenvalue weighted by Gasteiger charge is 2.11. The lowest BCUT2D eigenvalue weighted by atomic mass is 10.0. The van der Waals surface area contributed by atoms with Crippen LogP contribution in [0, 0.1) is 18.6 Å². The molecule has 0 aliphatic carbocycles. The standard InChI is InChI=1S/C13H9F2NO/c1-8-2-9(4-11(14)3-8)13(17)10-5-12(15)7-16-6-10/h2-7H,1H3. The number of hydrogen-bond acceptors (Lipinski definition) is 2. The summed E-state index contributed by atoms with van der Waals surface area (Å²) in [6.45, 7) is 1.68. The van der Waals surface area contributed by atoms with Gasteiger partial charge in [-0.2, -0.15) is 0 Å². The number of pyridine rings is 1. The van der Waals surface area contributed by atoms with Gasteiger partial charge in [0.15, 0.2) is 5.78 Å². The van der Waals surface area contributed by atoms with Crippen LogP contribution >= 0.6 is 0 Å². The van der Waals surface area contributed by atoms with E-state index in [1.807, 2.05) is 0 Å². The molecule has 1 aromatic carbocycles. The molecule has 1 heterocycles. The van der Waals surface area contributed by atoms with Crippen LogP contribution in [0.2, 0.25) is 0 Å². The van der Waals surface area contributed by atoms with Crippen LogP contribution in [-0.4, -0.2) is 10.8 Å². The number of nitrogens with zero attached hydrogens (tertiary/aromatic N) is 1. The maximum absolute atomic E-state index is 13.1. The summed E-state index contributed by atoms with van der Waals surface area (Å²) >= 11 is 0. The van der Waals surface area contributed by atoms with Crippen molar-refractivity contribution in [3.05, 3.63) is 65.0 Å². The summed E-state index contributed by atoms with van der Waals surface area (Å²) in [5, 5.41) is 0. The van der Waals surface area contributed by atoms with Gasteiger partial charge < -0.3 is 0 Å². The number of aromatic nitrogens is 1. The molecule has 1 aromatic heterocycles. The molecule has 0 saturated heterocycles. The van der Waals surface area contributed by atoms with Crippen LogP contribution in [0.5, 0.6) is 0 Å². The van der Waals surface area contributed by atoms with Gasteiger partial charge in [0, 0.05) is 17.3 Å². The third-order valence-electron chi connectivity index (χ3n) is 2.27. The van der Waals surface area contributed by atoms with Crippen LogP contribution in [0.25, 0.3) is 0 Å². The molecule has 2 nitrogen and oxygen atoms in total. The molecule has 0 fully saturated rings. The van der Waals surface area contributed by atoms with E-state index >= 15 is 0 Å². The predicted molar refractivity (Wildman–Crippen MR) is 58.8 cm³/mol. The molecule has 2 rings (SSSR count). The predicted octanol–water partition coefficient (Wildman–Crippen LogP) is 2.90. The van der Waals surface area contributed by atoms with Crippen LogP contribution in [0.15, 0.2) is 36.7 Å². The van der Waals surface area contributed by atoms with E-state index in [1.165, 1.54) is 12.3 Å². The van der Waals surface area contributed by atoms with Gasteiger partial charge in [0.05, 0.1) is 6.20 Å². The molecule has 0 amide bonds. The Morgan fingerprint density at radius 3 is 2.35 bits per heavy atom. The average molecular weight is 233 g/mol. The molecule has 17 heavy (non-hydrogen) atoms. The van der Waals surface area contributed by atoms with Gasteiger partial charge in [-0.25, -0.2) is 8.78 Å². The molecule has 86 valence electrons. The van der Waals surface area contributed by atoms with E-state index in [0.717, 1.165) is 18.3 Å². The van der Waals surface area contributed by atoms with Gasteiger partial charge in [-0.1, -0.05) is 0 Å². The second kappa shape index (κ2) is 4.41. The van der Waals surface area contributed by atoms with Crippen molar-refractivity contribution in [2.45, 2.75) is 6.92 Å². The van der Waals surface area contributed by atoms with Crippen LogP contribution in [0.1, 0.15) is 21.5 Å². The molecule has 2 aromatic rings. The smallest absolute Gasteiger partial charge is 0.194 e. The van der Waals surface area contributed by atoms with Gasteiger partial charge in [-0.3, -0.25) is 9.78 Å². The van der Waals surface area contributed by atoms with Gasteiger partial charge in [0.2, 0.25) is 0 Å². The Morgan fingerprint density at radius 1 is 1.00 bits per heavy atom. The summed E-state index contributed by atoms with van der Waals surface area (Å²) in [6, 6.07) is 5.08. The molecule has 0 bridgehead atoms. The van der Waals surface area contributed by atoms with Gasteiger partial charge in [0.1, 0.15) is 11.6 Å². The van der Waals surface area contributed by atoms with Crippen molar-refractivity contribution in [2.24, 2.45) is 0 Å². The Balaban J connectivity index is 2.43. The lowest BCUT2D eigenvalue weighted by molar-refractivity contribution is 0.103. The number of rotatable bonds is 2. The Kier molecular flexibility index (Phi) is 2.95. The summed E-state index contributed by atoms with van der Waals surface area (Å²) in [5.74, 6) is -1.53. The highest BCUT2D eigenvalue weighted by Crippen LogP contribution is 2.13. The van der Waals surface area contributed by atoms with Crippen LogP contribution in [0.4, 0.5) is 8.78 Å². The zero-order chi connectivity index (χ0) is 12.4. The van der Waals surface area contributed by atoms with Gasteiger partial charge >= 0.3 is 0 Å². The van der Waals surface area contributed by atoms with Crippen molar-refractivity contribution >= 4 is 5.78 Å². The highest BCUT2D eigenvalue weighted by molar-refractivity contribution is 6.08. The molecule has 0 radical (unpaired) electrons. The molecule has 0 unspecified atom stereocenters. The first-order chi connectivity index (χ1) is 8.06. The maximum Gasteiger partial charge on any atom is 0.194 e. The number of benzene rings is 1. The number of carbonyl (C=O) groups is 1. The number of ketones is 1. The quantitative estimate of drug-likeness (QED) is 0.746. The topological polar surface area (TPSA) is 30.0 Å². The van der Waals surface area contributed by atoms with E-state index in [2.05, 4.69) is 4.98 Å². The summed E-state index contributed by atoms with van der Waals surface area (Å²) < 4.78 is 26.1. The fourth-order valence-corrected chi connectivity index (χ4v) is 1.57. The average Bonchev–Trinajstić information content (AvgIpc) is 2.26. The van der Waals surface area contributed by atoms with E-state index in [9.17, 15) is 13.6 Å². The number of carbonyl (C=O) groups excluding carboxylic acids is 1. The lowest BCUT2D eigenvalue weighted by Gasteiger charge is -2.02. The van der Waals surface area contributed by atoms with Gasteiger partial charge in [0.25, 0.3) is 0 Å². The first kappa shape index (κ1) is 11.4. The number of hydrogen-bond donors (Lipinski definition) is 0. The van der Waals surface area contributed by atoms with E-state index < -0.39 is 17.4 Å². The van der Waals surface area contributed by atoms with E-state index in [1.54, 1.807) is 13.0 Å². The Bertz CT molecular complexity index is 561. The van der Waals surface area contributed by atoms with E-state index in [-0.39, 0.29) is 11.1 Å². The summed E-state index contributed by atoms with van der Waals surface area (Å²) in [7, 11) is 0. The zero-order valence-electron chi connectivity index (χ0n) is 9.08. The van der Waals surface area contributed by atoms with Crippen LogP contribution in [0.3, 0.4) is 0 Å². The van der Waals surface area contributed by atoms with Crippen molar-refractivity contribution in [3.63, 3.8) is 0 Å². The van der Waals surface area contributed by atoms with Gasteiger partial charge in [-0.05, 0) is 36.8 Å². The van der Waals surface area contributed by atoms with Crippen LogP contribution in [-0.2, 0) is 0 Å². The van der Waals surface area contributed by atoms with Crippen molar-refractivity contribution in [1.29, 1.82) is 0 Å². The van der Waals surface area contributed by atoms with Crippen LogP contribution < -0.4 is 0 Å². The molecule has 0 aliphatic heterocycles. The van der Waals surface area contributed by atoms with Crippen molar-refractivity contribution in [3.8, 4) is 0 Å². The number of aryl methyl sites for hydroxylation is 1. The Morgan fingerprint density at radius 2 is 1.71 bits per heavy atom. The molecular weight excluding hydrogens is 224 g/mol. The molecular formula is C13H9F2NO. The summed E-state index contributed by atoms with van der Waals surface area (Å²) in [4.78, 5) is 15.5. The second-order valence-corrected chi connectivity index (χ2v) is 3.74. The molecule has 0 N–H and O–H groups in total. The largest absolute Gasteiger partial charge is 0.289 e. The fraction of sp³-hybridized carbons (Fsp3) is 0.0769. The number of halogens is 2. The summed E-state index contributed by atoms with van der Waals surface area (Å²) in [5.41, 5.74) is 0.933. The molecule has 0 saturated carbocycles. The minimum atomic E-state index is -0.594. The third kappa shape index (κ3) is 2.53. The SMILES string of the molecule is Cc1cc(F)cc(C(=O)c2cncc(F)c2)c1. The fourth-order valence-electron chi connectivity index (χ4n) is 1.57. The molecule has 0 atom stereocenters. The van der Waals surface area contributed by atoms with E-state index in [4.69, 9.17) is 0 Å². The first-order valence-electron chi connectivity index (χ1n) is 4.99. The van der Waals surface area contributed by atoms with Crippen molar-refractivity contribution in [2.75, 3.05) is 0 Å². The lowest BCUT2D eigenvalue weighted by Crippen LogP contribution is -2.03. The zero-order valence-corrected chi connectivity index (χ0v) is 9.08. The maximum atomic E-state index is 13.1. The third-order valence-corrected chi connectivity index (χ3v) is 2.27. The molecule has 4 heteroatoms. The van der Waals surface area contributed by atoms with E-state index in [0.29, 0.717) is 5.56 Å².